The van der Waals surface area contributed by atoms with Crippen molar-refractivity contribution in [3.63, 3.8) is 0 Å². The van der Waals surface area contributed by atoms with Crippen LogP contribution in [0.4, 0.5) is 11.4 Å². The molecule has 112 valence electrons. The maximum atomic E-state index is 10.9. The molecular weight excluding hydrogens is 266 g/mol. The summed E-state index contributed by atoms with van der Waals surface area (Å²) in [5, 5.41) is 23.4. The molecule has 21 heavy (non-hydrogen) atoms. The van der Waals surface area contributed by atoms with Crippen molar-refractivity contribution in [2.75, 3.05) is 5.32 Å². The topological polar surface area (TPSA) is 79.0 Å². The molecule has 2 rings (SSSR count). The van der Waals surface area contributed by atoms with Gasteiger partial charge < -0.3 is 5.32 Å². The predicted molar refractivity (Wildman–Crippen MR) is 82.0 cm³/mol. The number of anilines is 1. The van der Waals surface area contributed by atoms with Crippen molar-refractivity contribution in [1.82, 2.24) is 0 Å². The molecule has 5 nitrogen and oxygen atoms in total. The van der Waals surface area contributed by atoms with Gasteiger partial charge in [-0.25, -0.2) is 0 Å². The van der Waals surface area contributed by atoms with E-state index in [0.29, 0.717) is 17.9 Å². The third kappa shape index (κ3) is 3.52. The average Bonchev–Trinajstić information content (AvgIpc) is 2.47. The van der Waals surface area contributed by atoms with Crippen LogP contribution in [0.5, 0.6) is 0 Å². The molecule has 1 aliphatic carbocycles. The van der Waals surface area contributed by atoms with Crippen LogP contribution in [-0.4, -0.2) is 11.0 Å². The monoisotopic (exact) mass is 287 g/mol. The lowest BCUT2D eigenvalue weighted by Crippen LogP contribution is -2.35. The zero-order valence-corrected chi connectivity index (χ0v) is 12.5. The molecule has 1 saturated carbocycles. The highest BCUT2D eigenvalue weighted by Crippen LogP contribution is 2.33. The molecule has 0 radical (unpaired) electrons. The molecule has 0 heterocycles. The third-order valence-corrected chi connectivity index (χ3v) is 4.34. The van der Waals surface area contributed by atoms with Crippen LogP contribution in [0.25, 0.3) is 0 Å². The van der Waals surface area contributed by atoms with E-state index >= 15 is 0 Å². The minimum absolute atomic E-state index is 0.113. The fourth-order valence-electron chi connectivity index (χ4n) is 3.23. The molecule has 1 fully saturated rings. The highest BCUT2D eigenvalue weighted by Gasteiger charge is 2.27. The van der Waals surface area contributed by atoms with E-state index in [4.69, 9.17) is 5.26 Å². The molecule has 0 aromatic heterocycles. The fraction of sp³-hybridized carbons (Fsp3) is 0.562. The van der Waals surface area contributed by atoms with Gasteiger partial charge in [0.15, 0.2) is 0 Å². The lowest BCUT2D eigenvalue weighted by atomic mass is 9.78. The van der Waals surface area contributed by atoms with Gasteiger partial charge in [-0.05, 0) is 36.8 Å². The largest absolute Gasteiger partial charge is 0.382 e. The van der Waals surface area contributed by atoms with Crippen LogP contribution in [0.1, 0.15) is 45.1 Å². The summed E-state index contributed by atoms with van der Waals surface area (Å²) >= 11 is 0. The number of hydrogen-bond acceptors (Lipinski definition) is 4. The first-order valence-corrected chi connectivity index (χ1v) is 7.48. The Bertz CT molecular complexity index is 563. The Balaban J connectivity index is 2.19. The minimum atomic E-state index is -0.514. The van der Waals surface area contributed by atoms with E-state index in [1.54, 1.807) is 12.1 Å². The van der Waals surface area contributed by atoms with Crippen molar-refractivity contribution in [1.29, 1.82) is 5.26 Å². The van der Waals surface area contributed by atoms with Crippen LogP contribution in [0.3, 0.4) is 0 Å². The van der Waals surface area contributed by atoms with Crippen molar-refractivity contribution in [2.45, 2.75) is 45.6 Å². The van der Waals surface area contributed by atoms with Gasteiger partial charge in [-0.1, -0.05) is 26.7 Å². The zero-order valence-electron chi connectivity index (χ0n) is 12.5. The van der Waals surface area contributed by atoms with Gasteiger partial charge >= 0.3 is 0 Å². The second kappa shape index (κ2) is 6.57. The van der Waals surface area contributed by atoms with Gasteiger partial charge in [-0.3, -0.25) is 10.1 Å². The van der Waals surface area contributed by atoms with Crippen LogP contribution in [0.15, 0.2) is 18.2 Å². The smallest absolute Gasteiger partial charge is 0.287 e. The number of nitriles is 1. The molecule has 1 aliphatic rings. The van der Waals surface area contributed by atoms with Crippen LogP contribution in [0.2, 0.25) is 0 Å². The summed E-state index contributed by atoms with van der Waals surface area (Å²) in [6.45, 7) is 4.47. The van der Waals surface area contributed by atoms with Gasteiger partial charge in [0.1, 0.15) is 11.6 Å². The Morgan fingerprint density at radius 2 is 2.10 bits per heavy atom. The Morgan fingerprint density at radius 3 is 2.71 bits per heavy atom. The predicted octanol–water partition coefficient (Wildman–Crippen LogP) is 4.09. The first-order valence-electron chi connectivity index (χ1n) is 7.48. The van der Waals surface area contributed by atoms with Crippen LogP contribution < -0.4 is 5.32 Å². The molecular formula is C16H21N3O2. The maximum absolute atomic E-state index is 10.9. The Hall–Kier alpha value is -2.09. The molecule has 0 amide bonds. The molecule has 5 heteroatoms. The van der Waals surface area contributed by atoms with Crippen LogP contribution in [-0.2, 0) is 0 Å². The number of benzene rings is 1. The number of nitro groups is 1. The Labute approximate surface area is 125 Å². The normalized spacial score (nSPS) is 21.8. The van der Waals surface area contributed by atoms with E-state index in [2.05, 4.69) is 19.2 Å². The second-order valence-corrected chi connectivity index (χ2v) is 6.04. The second-order valence-electron chi connectivity index (χ2n) is 6.04. The number of nitrogens with one attached hydrogen (secondary N) is 1. The summed E-state index contributed by atoms with van der Waals surface area (Å²) < 4.78 is 0. The van der Waals surface area contributed by atoms with Crippen molar-refractivity contribution >= 4 is 11.4 Å². The molecule has 1 aromatic rings. The average molecular weight is 287 g/mol. The Morgan fingerprint density at radius 1 is 1.38 bits per heavy atom. The number of rotatable bonds is 4. The highest BCUT2D eigenvalue weighted by atomic mass is 16.6. The molecule has 0 aliphatic heterocycles. The van der Waals surface area contributed by atoms with E-state index in [-0.39, 0.29) is 11.3 Å². The number of nitrogens with zero attached hydrogens (tertiary/aromatic N) is 2. The van der Waals surface area contributed by atoms with Crippen molar-refractivity contribution in [3.05, 3.63) is 33.9 Å². The molecule has 2 atom stereocenters. The van der Waals surface area contributed by atoms with Gasteiger partial charge in [-0.15, -0.1) is 0 Å². The van der Waals surface area contributed by atoms with Crippen molar-refractivity contribution in [2.24, 2.45) is 11.8 Å². The van der Waals surface area contributed by atoms with E-state index in [1.165, 1.54) is 25.3 Å². The standard InChI is InChI=1S/C16H21N3O2/c1-11(2)14-5-3-4-6-15(14)18-13-7-8-16(19(20)21)12(9-13)10-17/h7-9,11,14-15,18H,3-6H2,1-2H3. The molecule has 0 spiro atoms. The number of nitro benzene ring substituents is 1. The summed E-state index contributed by atoms with van der Waals surface area (Å²) in [7, 11) is 0. The summed E-state index contributed by atoms with van der Waals surface area (Å²) in [5.41, 5.74) is 0.781. The molecule has 1 N–H and O–H groups in total. The van der Waals surface area contributed by atoms with Crippen LogP contribution >= 0.6 is 0 Å². The lowest BCUT2D eigenvalue weighted by Gasteiger charge is -2.35. The summed E-state index contributed by atoms with van der Waals surface area (Å²) in [6, 6.07) is 6.99. The van der Waals surface area contributed by atoms with Gasteiger partial charge in [0.2, 0.25) is 0 Å². The van der Waals surface area contributed by atoms with E-state index in [1.807, 2.05) is 6.07 Å². The zero-order chi connectivity index (χ0) is 15.4. The quantitative estimate of drug-likeness (QED) is 0.668. The fourth-order valence-corrected chi connectivity index (χ4v) is 3.23. The number of hydrogen-bond donors (Lipinski definition) is 1. The summed E-state index contributed by atoms with van der Waals surface area (Å²) in [6.07, 6.45) is 4.80. The van der Waals surface area contributed by atoms with Gasteiger partial charge in [0.05, 0.1) is 4.92 Å². The molecule has 1 aromatic carbocycles. The van der Waals surface area contributed by atoms with Gasteiger partial charge in [0.25, 0.3) is 5.69 Å². The lowest BCUT2D eigenvalue weighted by molar-refractivity contribution is -0.385. The highest BCUT2D eigenvalue weighted by molar-refractivity contribution is 5.59. The van der Waals surface area contributed by atoms with Crippen molar-refractivity contribution < 1.29 is 4.92 Å². The van der Waals surface area contributed by atoms with Crippen LogP contribution in [0, 0.1) is 33.3 Å². The van der Waals surface area contributed by atoms with E-state index < -0.39 is 4.92 Å². The molecule has 0 bridgehead atoms. The SMILES string of the molecule is CC(C)C1CCCCC1Nc1ccc([N+](=O)[O-])c(C#N)c1. The van der Waals surface area contributed by atoms with Gasteiger partial charge in [0, 0.05) is 17.8 Å². The Kier molecular flexibility index (Phi) is 4.79. The third-order valence-electron chi connectivity index (χ3n) is 4.34. The molecule has 2 unspecified atom stereocenters. The maximum Gasteiger partial charge on any atom is 0.287 e. The van der Waals surface area contributed by atoms with E-state index in [9.17, 15) is 10.1 Å². The summed E-state index contributed by atoms with van der Waals surface area (Å²) in [5.74, 6) is 1.22. The summed E-state index contributed by atoms with van der Waals surface area (Å²) in [4.78, 5) is 10.3. The first-order chi connectivity index (χ1) is 10.0. The van der Waals surface area contributed by atoms with Gasteiger partial charge in [-0.2, -0.15) is 5.26 Å². The van der Waals surface area contributed by atoms with Crippen molar-refractivity contribution in [3.8, 4) is 6.07 Å². The van der Waals surface area contributed by atoms with E-state index in [0.717, 1.165) is 12.1 Å². The first kappa shape index (κ1) is 15.3. The minimum Gasteiger partial charge on any atom is -0.382 e. The molecule has 0 saturated heterocycles.